The third-order valence-corrected chi connectivity index (χ3v) is 6.93. The molecule has 6 nitrogen and oxygen atoms in total. The molecule has 2 aliphatic rings. The summed E-state index contributed by atoms with van der Waals surface area (Å²) in [5.41, 5.74) is 2.15. The highest BCUT2D eigenvalue weighted by molar-refractivity contribution is 6.31. The zero-order valence-corrected chi connectivity index (χ0v) is 19.9. The first-order chi connectivity index (χ1) is 17.3. The number of amides is 2. The van der Waals surface area contributed by atoms with Gasteiger partial charge in [-0.25, -0.2) is 13.7 Å². The maximum Gasteiger partial charge on any atom is 0.251 e. The van der Waals surface area contributed by atoms with E-state index in [1.165, 1.54) is 36.4 Å². The molecule has 2 heterocycles. The molecule has 184 valence electrons. The molecule has 1 atom stereocenters. The van der Waals surface area contributed by atoms with Gasteiger partial charge in [0.1, 0.15) is 11.6 Å². The number of ketones is 1. The molecular formula is C27H22ClF2N3O3. The number of carbonyl (C=O) groups is 3. The van der Waals surface area contributed by atoms with E-state index in [2.05, 4.69) is 4.90 Å². The lowest BCUT2D eigenvalue weighted by Gasteiger charge is -2.38. The first kappa shape index (κ1) is 24.1. The first-order valence-corrected chi connectivity index (χ1v) is 11.9. The average molecular weight is 510 g/mol. The Morgan fingerprint density at radius 3 is 2.00 bits per heavy atom. The van der Waals surface area contributed by atoms with Crippen LogP contribution >= 0.6 is 11.6 Å². The summed E-state index contributed by atoms with van der Waals surface area (Å²) in [6, 6.07) is 15.9. The van der Waals surface area contributed by atoms with E-state index in [4.69, 9.17) is 11.6 Å². The maximum atomic E-state index is 13.5. The number of nitrogens with zero attached hydrogens (tertiary/aromatic N) is 3. The highest BCUT2D eigenvalue weighted by atomic mass is 35.5. The summed E-state index contributed by atoms with van der Waals surface area (Å²) >= 11 is 5.84. The van der Waals surface area contributed by atoms with Crippen molar-refractivity contribution in [1.29, 1.82) is 0 Å². The van der Waals surface area contributed by atoms with Crippen LogP contribution in [0.4, 0.5) is 20.2 Å². The van der Waals surface area contributed by atoms with E-state index < -0.39 is 17.7 Å². The summed E-state index contributed by atoms with van der Waals surface area (Å²) in [6.07, 6.45) is 0.0635. The zero-order chi connectivity index (χ0) is 25.4. The number of hydrogen-bond donors (Lipinski definition) is 0. The van der Waals surface area contributed by atoms with E-state index in [1.54, 1.807) is 12.1 Å². The van der Waals surface area contributed by atoms with Gasteiger partial charge in [-0.15, -0.1) is 0 Å². The molecule has 2 aliphatic heterocycles. The molecule has 0 N–H and O–H groups in total. The van der Waals surface area contributed by atoms with E-state index in [9.17, 15) is 23.2 Å². The van der Waals surface area contributed by atoms with Crippen molar-refractivity contribution in [2.24, 2.45) is 0 Å². The lowest BCUT2D eigenvalue weighted by Crippen LogP contribution is -2.52. The fourth-order valence-corrected chi connectivity index (χ4v) is 4.85. The number of halogens is 3. The number of carbonyl (C=O) groups excluding carboxylic acids is 3. The van der Waals surface area contributed by atoms with E-state index in [0.29, 0.717) is 37.3 Å². The minimum atomic E-state index is -0.611. The van der Waals surface area contributed by atoms with E-state index in [0.717, 1.165) is 16.7 Å². The van der Waals surface area contributed by atoms with Gasteiger partial charge in [0, 0.05) is 43.0 Å². The van der Waals surface area contributed by atoms with Crippen molar-refractivity contribution in [3.8, 4) is 0 Å². The number of piperazine rings is 1. The molecule has 2 fully saturated rings. The minimum absolute atomic E-state index is 0.0635. The Bertz CT molecular complexity index is 1320. The van der Waals surface area contributed by atoms with Crippen molar-refractivity contribution < 1.29 is 23.2 Å². The van der Waals surface area contributed by atoms with Crippen molar-refractivity contribution in [3.05, 3.63) is 94.5 Å². The van der Waals surface area contributed by atoms with Crippen LogP contribution in [0.3, 0.4) is 0 Å². The van der Waals surface area contributed by atoms with Crippen LogP contribution in [0.1, 0.15) is 22.3 Å². The van der Waals surface area contributed by atoms with E-state index in [1.807, 2.05) is 17.0 Å². The Balaban J connectivity index is 1.21. The molecule has 2 saturated heterocycles. The summed E-state index contributed by atoms with van der Waals surface area (Å²) in [7, 11) is 0. The molecule has 0 aromatic heterocycles. The lowest BCUT2D eigenvalue weighted by atomic mass is 10.0. The molecule has 9 heteroatoms. The molecule has 0 radical (unpaired) electrons. The van der Waals surface area contributed by atoms with Crippen LogP contribution in [0.15, 0.2) is 66.7 Å². The van der Waals surface area contributed by atoms with Crippen molar-refractivity contribution in [2.75, 3.05) is 36.0 Å². The topological polar surface area (TPSA) is 60.9 Å². The molecule has 5 rings (SSSR count). The standard InChI is InChI=1S/C27H22ClF2N3O3/c28-22-15-21(9-10-23(22)30)33-25(34)16-24(27(33)36)32-13-11-31(12-14-32)20-7-3-18(4-8-20)26(35)17-1-5-19(29)6-2-17/h1-10,15,24H,11-14,16H2/t24-/m1/s1. The van der Waals surface area contributed by atoms with Crippen LogP contribution in [0.5, 0.6) is 0 Å². The molecule has 3 aromatic rings. The van der Waals surface area contributed by atoms with Gasteiger partial charge in [-0.1, -0.05) is 11.6 Å². The second-order valence-electron chi connectivity index (χ2n) is 8.79. The summed E-state index contributed by atoms with van der Waals surface area (Å²) in [6.45, 7) is 2.45. The molecule has 3 aromatic carbocycles. The fraction of sp³-hybridized carbons (Fsp3) is 0.222. The molecule has 0 unspecified atom stereocenters. The smallest absolute Gasteiger partial charge is 0.251 e. The Morgan fingerprint density at radius 1 is 0.806 bits per heavy atom. The Kier molecular flexibility index (Phi) is 6.55. The van der Waals surface area contributed by atoms with Crippen LogP contribution in [0.2, 0.25) is 5.02 Å². The van der Waals surface area contributed by atoms with Gasteiger partial charge in [-0.3, -0.25) is 19.3 Å². The quantitative estimate of drug-likeness (QED) is 0.379. The third-order valence-electron chi connectivity index (χ3n) is 6.64. The molecular weight excluding hydrogens is 488 g/mol. The predicted octanol–water partition coefficient (Wildman–Crippen LogP) is 4.30. The Labute approximate surface area is 211 Å². The Morgan fingerprint density at radius 2 is 1.39 bits per heavy atom. The van der Waals surface area contributed by atoms with Crippen LogP contribution in [0, 0.1) is 11.6 Å². The van der Waals surface area contributed by atoms with E-state index in [-0.39, 0.29) is 34.7 Å². The van der Waals surface area contributed by atoms with Gasteiger partial charge in [0.15, 0.2) is 5.78 Å². The van der Waals surface area contributed by atoms with Gasteiger partial charge in [-0.05, 0) is 66.7 Å². The monoisotopic (exact) mass is 509 g/mol. The lowest BCUT2D eigenvalue weighted by molar-refractivity contribution is -0.123. The summed E-state index contributed by atoms with van der Waals surface area (Å²) in [5.74, 6) is -1.85. The molecule has 2 amide bonds. The average Bonchev–Trinajstić information content (AvgIpc) is 3.19. The molecule has 0 bridgehead atoms. The van der Waals surface area contributed by atoms with Crippen molar-refractivity contribution in [1.82, 2.24) is 4.90 Å². The van der Waals surface area contributed by atoms with Gasteiger partial charge < -0.3 is 4.90 Å². The van der Waals surface area contributed by atoms with Crippen LogP contribution in [-0.4, -0.2) is 54.7 Å². The van der Waals surface area contributed by atoms with Gasteiger partial charge in [0.25, 0.3) is 5.91 Å². The first-order valence-electron chi connectivity index (χ1n) is 11.5. The highest BCUT2D eigenvalue weighted by Gasteiger charge is 2.43. The van der Waals surface area contributed by atoms with Crippen molar-refractivity contribution in [2.45, 2.75) is 12.5 Å². The number of benzene rings is 3. The third kappa shape index (κ3) is 4.62. The zero-order valence-electron chi connectivity index (χ0n) is 19.2. The summed E-state index contributed by atoms with van der Waals surface area (Å²) < 4.78 is 26.6. The van der Waals surface area contributed by atoms with Gasteiger partial charge >= 0.3 is 0 Å². The number of imide groups is 1. The van der Waals surface area contributed by atoms with Crippen LogP contribution in [-0.2, 0) is 9.59 Å². The number of hydrogen-bond acceptors (Lipinski definition) is 5. The Hall–Kier alpha value is -3.62. The van der Waals surface area contributed by atoms with Crippen LogP contribution in [0.25, 0.3) is 0 Å². The largest absolute Gasteiger partial charge is 0.369 e. The van der Waals surface area contributed by atoms with Gasteiger partial charge in [-0.2, -0.15) is 0 Å². The van der Waals surface area contributed by atoms with Crippen LogP contribution < -0.4 is 9.80 Å². The molecule has 0 saturated carbocycles. The predicted molar refractivity (Wildman–Crippen MR) is 132 cm³/mol. The minimum Gasteiger partial charge on any atom is -0.369 e. The fourth-order valence-electron chi connectivity index (χ4n) is 4.68. The maximum absolute atomic E-state index is 13.5. The molecule has 36 heavy (non-hydrogen) atoms. The van der Waals surface area contributed by atoms with Gasteiger partial charge in [0.05, 0.1) is 23.2 Å². The summed E-state index contributed by atoms with van der Waals surface area (Å²) in [5, 5.41) is -0.143. The second-order valence-corrected chi connectivity index (χ2v) is 9.20. The molecule has 0 spiro atoms. The van der Waals surface area contributed by atoms with Gasteiger partial charge in [0.2, 0.25) is 5.91 Å². The normalized spacial score (nSPS) is 18.7. The van der Waals surface area contributed by atoms with Crippen molar-refractivity contribution >= 4 is 40.6 Å². The molecule has 0 aliphatic carbocycles. The number of anilines is 2. The van der Waals surface area contributed by atoms with E-state index >= 15 is 0 Å². The summed E-state index contributed by atoms with van der Waals surface area (Å²) in [4.78, 5) is 43.5. The number of rotatable bonds is 5. The highest BCUT2D eigenvalue weighted by Crippen LogP contribution is 2.30. The second kappa shape index (κ2) is 9.79. The van der Waals surface area contributed by atoms with Crippen molar-refractivity contribution in [3.63, 3.8) is 0 Å². The SMILES string of the molecule is O=C(c1ccc(F)cc1)c1ccc(N2CCN([C@@H]3CC(=O)N(c4ccc(F)c(Cl)c4)C3=O)CC2)cc1.